The molecule has 0 spiro atoms. The van der Waals surface area contributed by atoms with E-state index in [4.69, 9.17) is 4.74 Å². The van der Waals surface area contributed by atoms with E-state index in [-0.39, 0.29) is 67.8 Å². The van der Waals surface area contributed by atoms with Gasteiger partial charge in [0.2, 0.25) is 5.91 Å². The van der Waals surface area contributed by atoms with E-state index in [0.717, 1.165) is 12.1 Å². The molecular formula is C29H30F7NO6S. The van der Waals surface area contributed by atoms with Crippen molar-refractivity contribution in [3.8, 4) is 0 Å². The van der Waals surface area contributed by atoms with Crippen molar-refractivity contribution in [2.45, 2.75) is 66.4 Å². The molecule has 1 atom stereocenters. The number of rotatable bonds is 8. The first kappa shape index (κ1) is 33.7. The highest BCUT2D eigenvalue weighted by Gasteiger charge is 2.73. The number of likely N-dealkylation sites (tertiary alicyclic amines) is 1. The second-order valence-electron chi connectivity index (χ2n) is 11.2. The average Bonchev–Trinajstić information content (AvgIpc) is 3.43. The van der Waals surface area contributed by atoms with Crippen molar-refractivity contribution in [3.05, 3.63) is 65.2 Å². The molecule has 242 valence electrons. The van der Waals surface area contributed by atoms with E-state index in [1.165, 1.54) is 30.2 Å². The average molecular weight is 654 g/mol. The molecule has 44 heavy (non-hydrogen) atoms. The van der Waals surface area contributed by atoms with Gasteiger partial charge in [0.15, 0.2) is 9.84 Å². The zero-order valence-electron chi connectivity index (χ0n) is 23.4. The molecule has 4 rings (SSSR count). The molecule has 0 radical (unpaired) electrons. The van der Waals surface area contributed by atoms with Crippen LogP contribution in [0.25, 0.3) is 0 Å². The zero-order chi connectivity index (χ0) is 32.7. The third-order valence-corrected chi connectivity index (χ3v) is 11.1. The Hall–Kier alpha value is -3.20. The number of aliphatic carboxylic acids is 1. The Kier molecular flexibility index (Phi) is 9.15. The van der Waals surface area contributed by atoms with E-state index in [2.05, 4.69) is 0 Å². The molecule has 1 aliphatic carbocycles. The molecule has 15 heteroatoms. The molecule has 2 aromatic rings. The fourth-order valence-electron chi connectivity index (χ4n) is 6.11. The van der Waals surface area contributed by atoms with Crippen LogP contribution in [0.3, 0.4) is 0 Å². The number of carbonyl (C=O) groups excluding carboxylic acids is 1. The molecule has 7 nitrogen and oxygen atoms in total. The Morgan fingerprint density at radius 1 is 0.932 bits per heavy atom. The van der Waals surface area contributed by atoms with Crippen molar-refractivity contribution < 1.29 is 58.6 Å². The van der Waals surface area contributed by atoms with Crippen LogP contribution in [-0.2, 0) is 41.2 Å². The van der Waals surface area contributed by atoms with Gasteiger partial charge in [-0.2, -0.15) is 26.3 Å². The van der Waals surface area contributed by atoms with Crippen LogP contribution < -0.4 is 0 Å². The predicted molar refractivity (Wildman–Crippen MR) is 142 cm³/mol. The smallest absolute Gasteiger partial charge is 0.435 e. The summed E-state index contributed by atoms with van der Waals surface area (Å²) >= 11 is 0. The maximum atomic E-state index is 14.7. The van der Waals surface area contributed by atoms with Crippen LogP contribution in [0.2, 0.25) is 0 Å². The summed E-state index contributed by atoms with van der Waals surface area (Å²) in [5.74, 6) is -2.59. The van der Waals surface area contributed by atoms with Gasteiger partial charge in [0, 0.05) is 31.7 Å². The number of benzene rings is 2. The van der Waals surface area contributed by atoms with E-state index < -0.39 is 68.4 Å². The molecule has 1 unspecified atom stereocenters. The van der Waals surface area contributed by atoms with Crippen LogP contribution in [0.5, 0.6) is 0 Å². The van der Waals surface area contributed by atoms with Gasteiger partial charge in [-0.15, -0.1) is 0 Å². The van der Waals surface area contributed by atoms with Crippen LogP contribution in [0.1, 0.15) is 48.8 Å². The Balaban J connectivity index is 1.77. The Bertz CT molecular complexity index is 1470. The summed E-state index contributed by atoms with van der Waals surface area (Å²) in [5, 5.41) is 9.26. The van der Waals surface area contributed by atoms with Crippen LogP contribution in [0, 0.1) is 11.8 Å². The molecule has 1 saturated carbocycles. The second kappa shape index (κ2) is 12.0. The van der Waals surface area contributed by atoms with E-state index >= 15 is 0 Å². The number of alkyl halides is 7. The first-order valence-corrected chi connectivity index (χ1v) is 15.1. The molecule has 1 amide bonds. The standard InChI is InChI=1S/C29H30F7NO6S/c1-43-16-18-3-2-4-23(15-18)44(41,42)26(13-14-37(17-26)24(38)19-5-7-20(8-6-19)25(39)40)21-9-11-22(12-10-21)27(30,28(31,32)33)29(34,35)36/h2-4,9-12,15,19-20H,5-8,13-14,16-17H2,1H3,(H,39,40)/t19-,20-,26?. The van der Waals surface area contributed by atoms with Gasteiger partial charge in [0.25, 0.3) is 0 Å². The van der Waals surface area contributed by atoms with Crippen LogP contribution in [0.15, 0.2) is 53.4 Å². The van der Waals surface area contributed by atoms with Crippen molar-refractivity contribution >= 4 is 21.7 Å². The van der Waals surface area contributed by atoms with Gasteiger partial charge in [0.1, 0.15) is 4.75 Å². The van der Waals surface area contributed by atoms with Gasteiger partial charge in [0.05, 0.1) is 17.4 Å². The number of halogens is 7. The van der Waals surface area contributed by atoms with Gasteiger partial charge in [-0.1, -0.05) is 36.4 Å². The topological polar surface area (TPSA) is 101 Å². The minimum atomic E-state index is -6.35. The fraction of sp³-hybridized carbons (Fsp3) is 0.517. The number of hydrogen-bond acceptors (Lipinski definition) is 5. The minimum absolute atomic E-state index is 0.0438. The number of methoxy groups -OCH3 is 1. The number of hydrogen-bond donors (Lipinski definition) is 1. The lowest BCUT2D eigenvalue weighted by Gasteiger charge is -2.33. The van der Waals surface area contributed by atoms with Crippen molar-refractivity contribution in [3.63, 3.8) is 0 Å². The highest BCUT2D eigenvalue weighted by molar-refractivity contribution is 7.92. The fourth-order valence-corrected chi connectivity index (χ4v) is 8.26. The first-order valence-electron chi connectivity index (χ1n) is 13.7. The van der Waals surface area contributed by atoms with Gasteiger partial charge in [-0.05, 0) is 55.4 Å². The number of amides is 1. The van der Waals surface area contributed by atoms with E-state index in [1.54, 1.807) is 6.07 Å². The number of nitrogens with zero attached hydrogens (tertiary/aromatic N) is 1. The van der Waals surface area contributed by atoms with Crippen LogP contribution >= 0.6 is 0 Å². The number of carbonyl (C=O) groups is 2. The number of sulfone groups is 1. The molecule has 1 aliphatic heterocycles. The number of ether oxygens (including phenoxy) is 1. The van der Waals surface area contributed by atoms with Gasteiger partial charge in [-0.3, -0.25) is 9.59 Å². The summed E-state index contributed by atoms with van der Waals surface area (Å²) < 4.78 is 127. The normalized spacial score (nSPS) is 23.5. The summed E-state index contributed by atoms with van der Waals surface area (Å²) in [7, 11) is -3.09. The Labute approximate surface area is 248 Å². The molecule has 2 fully saturated rings. The van der Waals surface area contributed by atoms with Crippen molar-refractivity contribution in [2.24, 2.45) is 11.8 Å². The monoisotopic (exact) mass is 653 g/mol. The molecule has 0 aromatic heterocycles. The lowest BCUT2D eigenvalue weighted by Crippen LogP contribution is -2.50. The molecular weight excluding hydrogens is 623 g/mol. The summed E-state index contributed by atoms with van der Waals surface area (Å²) in [6, 6.07) is 7.64. The highest BCUT2D eigenvalue weighted by Crippen LogP contribution is 2.54. The number of carboxylic acid groups (broad SMARTS) is 1. The van der Waals surface area contributed by atoms with Gasteiger partial charge >= 0.3 is 24.0 Å². The summed E-state index contributed by atoms with van der Waals surface area (Å²) in [4.78, 5) is 25.9. The quantitative estimate of drug-likeness (QED) is 0.356. The third kappa shape index (κ3) is 5.80. The molecule has 1 N–H and O–H groups in total. The van der Waals surface area contributed by atoms with Crippen molar-refractivity contribution in [2.75, 3.05) is 20.2 Å². The van der Waals surface area contributed by atoms with Gasteiger partial charge in [-0.25, -0.2) is 12.8 Å². The van der Waals surface area contributed by atoms with E-state index in [1.807, 2.05) is 0 Å². The SMILES string of the molecule is COCc1cccc(S(=O)(=O)C2(c3ccc(C(F)(C(F)(F)F)C(F)(F)F)cc3)CCN(C(=O)[C@H]3CC[C@H](C(=O)O)CC3)C2)c1. The Morgan fingerprint density at radius 2 is 1.50 bits per heavy atom. The zero-order valence-corrected chi connectivity index (χ0v) is 24.2. The molecule has 1 saturated heterocycles. The molecule has 2 aromatic carbocycles. The highest BCUT2D eigenvalue weighted by atomic mass is 32.2. The molecule has 2 aliphatic rings. The maximum Gasteiger partial charge on any atom is 0.435 e. The van der Waals surface area contributed by atoms with Crippen molar-refractivity contribution in [1.82, 2.24) is 4.90 Å². The van der Waals surface area contributed by atoms with Gasteiger partial charge < -0.3 is 14.7 Å². The summed E-state index contributed by atoms with van der Waals surface area (Å²) in [6.07, 6.45) is -11.9. The van der Waals surface area contributed by atoms with Crippen molar-refractivity contribution in [1.29, 1.82) is 0 Å². The maximum absolute atomic E-state index is 14.7. The molecule has 0 bridgehead atoms. The number of carboxylic acids is 1. The first-order chi connectivity index (χ1) is 20.4. The Morgan fingerprint density at radius 3 is 2.02 bits per heavy atom. The third-order valence-electron chi connectivity index (χ3n) is 8.59. The molecule has 1 heterocycles. The van der Waals surface area contributed by atoms with Crippen LogP contribution in [-0.4, -0.2) is 62.9 Å². The summed E-state index contributed by atoms with van der Waals surface area (Å²) in [5.41, 5.74) is -7.21. The largest absolute Gasteiger partial charge is 0.481 e. The second-order valence-corrected chi connectivity index (χ2v) is 13.5. The lowest BCUT2D eigenvalue weighted by molar-refractivity contribution is -0.348. The predicted octanol–water partition coefficient (Wildman–Crippen LogP) is 5.91. The summed E-state index contributed by atoms with van der Waals surface area (Å²) in [6.45, 7) is -0.531. The minimum Gasteiger partial charge on any atom is -0.481 e. The van der Waals surface area contributed by atoms with Crippen LogP contribution in [0.4, 0.5) is 30.7 Å². The van der Waals surface area contributed by atoms with E-state index in [0.29, 0.717) is 5.56 Å². The van der Waals surface area contributed by atoms with E-state index in [9.17, 15) is 53.8 Å². The lowest BCUT2D eigenvalue weighted by atomic mass is 9.81.